The summed E-state index contributed by atoms with van der Waals surface area (Å²) in [5.41, 5.74) is 2.96. The van der Waals surface area contributed by atoms with Crippen molar-refractivity contribution < 1.29 is 9.90 Å². The summed E-state index contributed by atoms with van der Waals surface area (Å²) in [6, 6.07) is 5.71. The molecule has 0 radical (unpaired) electrons. The topological polar surface area (TPSA) is 61.4 Å². The van der Waals surface area contributed by atoms with Crippen LogP contribution in [0.15, 0.2) is 18.2 Å². The molecule has 2 amide bonds. The summed E-state index contributed by atoms with van der Waals surface area (Å²) in [6.45, 7) is 6.65. The second-order valence-electron chi connectivity index (χ2n) is 4.72. The Hall–Kier alpha value is -1.55. The first-order chi connectivity index (χ1) is 8.54. The standard InChI is InChI=1S/C14H22N2O2/c1-10(7-8-17)9-15-14(18)16-13-11(2)5-4-6-12(13)3/h4-6,10,17H,7-9H2,1-3H3,(H2,15,16,18). The van der Waals surface area contributed by atoms with Crippen LogP contribution >= 0.6 is 0 Å². The molecule has 100 valence electrons. The molecule has 0 aliphatic heterocycles. The third-order valence-electron chi connectivity index (χ3n) is 2.95. The number of hydrogen-bond acceptors (Lipinski definition) is 2. The number of aryl methyl sites for hydroxylation is 2. The summed E-state index contributed by atoms with van der Waals surface area (Å²) in [4.78, 5) is 11.7. The van der Waals surface area contributed by atoms with Gasteiger partial charge in [-0.05, 0) is 37.3 Å². The summed E-state index contributed by atoms with van der Waals surface area (Å²) in [6.07, 6.45) is 0.698. The van der Waals surface area contributed by atoms with E-state index in [-0.39, 0.29) is 18.6 Å². The maximum absolute atomic E-state index is 11.7. The second kappa shape index (κ2) is 7.01. The number of amides is 2. The summed E-state index contributed by atoms with van der Waals surface area (Å²) in [7, 11) is 0. The van der Waals surface area contributed by atoms with E-state index in [0.29, 0.717) is 13.0 Å². The van der Waals surface area contributed by atoms with E-state index in [0.717, 1.165) is 16.8 Å². The summed E-state index contributed by atoms with van der Waals surface area (Å²) < 4.78 is 0. The largest absolute Gasteiger partial charge is 0.396 e. The number of hydrogen-bond donors (Lipinski definition) is 3. The molecule has 0 aliphatic carbocycles. The fraction of sp³-hybridized carbons (Fsp3) is 0.500. The number of carbonyl (C=O) groups excluding carboxylic acids is 1. The van der Waals surface area contributed by atoms with Gasteiger partial charge in [-0.15, -0.1) is 0 Å². The highest BCUT2D eigenvalue weighted by Gasteiger charge is 2.08. The van der Waals surface area contributed by atoms with E-state index in [1.807, 2.05) is 39.0 Å². The predicted octanol–water partition coefficient (Wildman–Crippen LogP) is 2.44. The van der Waals surface area contributed by atoms with Crippen LogP contribution in [0.5, 0.6) is 0 Å². The maximum atomic E-state index is 11.7. The Morgan fingerprint density at radius 1 is 1.33 bits per heavy atom. The first-order valence-corrected chi connectivity index (χ1v) is 6.26. The van der Waals surface area contributed by atoms with Crippen LogP contribution in [-0.2, 0) is 0 Å². The van der Waals surface area contributed by atoms with Gasteiger partial charge < -0.3 is 15.7 Å². The molecule has 1 aromatic rings. The van der Waals surface area contributed by atoms with Gasteiger partial charge in [-0.25, -0.2) is 4.79 Å². The van der Waals surface area contributed by atoms with Gasteiger partial charge in [0.15, 0.2) is 0 Å². The van der Waals surface area contributed by atoms with Crippen molar-refractivity contribution in [2.24, 2.45) is 5.92 Å². The van der Waals surface area contributed by atoms with Crippen molar-refractivity contribution in [2.75, 3.05) is 18.5 Å². The number of para-hydroxylation sites is 1. The molecule has 4 heteroatoms. The number of aliphatic hydroxyl groups excluding tert-OH is 1. The van der Waals surface area contributed by atoms with Crippen molar-refractivity contribution in [1.29, 1.82) is 0 Å². The lowest BCUT2D eigenvalue weighted by atomic mass is 10.1. The van der Waals surface area contributed by atoms with E-state index in [4.69, 9.17) is 5.11 Å². The maximum Gasteiger partial charge on any atom is 0.319 e. The molecule has 3 N–H and O–H groups in total. The molecule has 0 saturated carbocycles. The molecule has 0 fully saturated rings. The number of rotatable bonds is 5. The van der Waals surface area contributed by atoms with E-state index in [2.05, 4.69) is 10.6 Å². The quantitative estimate of drug-likeness (QED) is 0.751. The zero-order valence-corrected chi connectivity index (χ0v) is 11.3. The number of benzene rings is 1. The fourth-order valence-electron chi connectivity index (χ4n) is 1.76. The van der Waals surface area contributed by atoms with E-state index < -0.39 is 0 Å². The van der Waals surface area contributed by atoms with Crippen LogP contribution in [-0.4, -0.2) is 24.3 Å². The van der Waals surface area contributed by atoms with Crippen molar-refractivity contribution in [3.8, 4) is 0 Å². The number of carbonyl (C=O) groups is 1. The van der Waals surface area contributed by atoms with Crippen LogP contribution in [0.25, 0.3) is 0 Å². The zero-order chi connectivity index (χ0) is 13.5. The van der Waals surface area contributed by atoms with Gasteiger partial charge in [0, 0.05) is 18.8 Å². The molecule has 1 unspecified atom stereocenters. The fourth-order valence-corrected chi connectivity index (χ4v) is 1.76. The van der Waals surface area contributed by atoms with Crippen LogP contribution in [0.2, 0.25) is 0 Å². The van der Waals surface area contributed by atoms with E-state index in [1.165, 1.54) is 0 Å². The van der Waals surface area contributed by atoms with Crippen molar-refractivity contribution in [3.63, 3.8) is 0 Å². The Morgan fingerprint density at radius 2 is 1.94 bits per heavy atom. The smallest absolute Gasteiger partial charge is 0.319 e. The normalized spacial score (nSPS) is 12.0. The minimum absolute atomic E-state index is 0.154. The van der Waals surface area contributed by atoms with Crippen molar-refractivity contribution in [3.05, 3.63) is 29.3 Å². The van der Waals surface area contributed by atoms with Crippen LogP contribution in [0.1, 0.15) is 24.5 Å². The molecular weight excluding hydrogens is 228 g/mol. The van der Waals surface area contributed by atoms with Crippen LogP contribution < -0.4 is 10.6 Å². The Balaban J connectivity index is 2.50. The average Bonchev–Trinajstić information content (AvgIpc) is 2.32. The van der Waals surface area contributed by atoms with E-state index in [1.54, 1.807) is 0 Å². The molecular formula is C14H22N2O2. The molecule has 1 atom stereocenters. The van der Waals surface area contributed by atoms with Crippen LogP contribution in [0, 0.1) is 19.8 Å². The molecule has 0 aromatic heterocycles. The molecule has 0 spiro atoms. The first kappa shape index (κ1) is 14.5. The summed E-state index contributed by atoms with van der Waals surface area (Å²) >= 11 is 0. The molecule has 4 nitrogen and oxygen atoms in total. The van der Waals surface area contributed by atoms with Gasteiger partial charge >= 0.3 is 6.03 Å². The number of urea groups is 1. The van der Waals surface area contributed by atoms with E-state index >= 15 is 0 Å². The van der Waals surface area contributed by atoms with Crippen molar-refractivity contribution in [1.82, 2.24) is 5.32 Å². The Morgan fingerprint density at radius 3 is 2.50 bits per heavy atom. The van der Waals surface area contributed by atoms with Gasteiger partial charge in [0.05, 0.1) is 0 Å². The monoisotopic (exact) mass is 250 g/mol. The first-order valence-electron chi connectivity index (χ1n) is 6.26. The van der Waals surface area contributed by atoms with Crippen molar-refractivity contribution in [2.45, 2.75) is 27.2 Å². The Labute approximate surface area is 108 Å². The minimum Gasteiger partial charge on any atom is -0.396 e. The van der Waals surface area contributed by atoms with Gasteiger partial charge in [0.25, 0.3) is 0 Å². The Kier molecular flexibility index (Phi) is 5.65. The number of aliphatic hydroxyl groups is 1. The minimum atomic E-state index is -0.197. The van der Waals surface area contributed by atoms with Gasteiger partial charge in [-0.2, -0.15) is 0 Å². The highest BCUT2D eigenvalue weighted by Crippen LogP contribution is 2.19. The molecule has 0 heterocycles. The molecule has 18 heavy (non-hydrogen) atoms. The third-order valence-corrected chi connectivity index (χ3v) is 2.95. The average molecular weight is 250 g/mol. The molecule has 1 aromatic carbocycles. The summed E-state index contributed by atoms with van der Waals surface area (Å²) in [5.74, 6) is 0.277. The second-order valence-corrected chi connectivity index (χ2v) is 4.72. The van der Waals surface area contributed by atoms with Gasteiger partial charge in [-0.1, -0.05) is 25.1 Å². The predicted molar refractivity (Wildman–Crippen MR) is 73.8 cm³/mol. The van der Waals surface area contributed by atoms with Gasteiger partial charge in [0.1, 0.15) is 0 Å². The van der Waals surface area contributed by atoms with Crippen molar-refractivity contribution >= 4 is 11.7 Å². The lowest BCUT2D eigenvalue weighted by Crippen LogP contribution is -2.33. The van der Waals surface area contributed by atoms with Gasteiger partial charge in [-0.3, -0.25) is 0 Å². The highest BCUT2D eigenvalue weighted by molar-refractivity contribution is 5.90. The Bertz CT molecular complexity index is 385. The lowest BCUT2D eigenvalue weighted by Gasteiger charge is -2.14. The highest BCUT2D eigenvalue weighted by atomic mass is 16.3. The third kappa shape index (κ3) is 4.37. The molecule has 0 bridgehead atoms. The molecule has 1 rings (SSSR count). The van der Waals surface area contributed by atoms with Crippen LogP contribution in [0.4, 0.5) is 10.5 Å². The summed E-state index contributed by atoms with van der Waals surface area (Å²) in [5, 5.41) is 14.5. The van der Waals surface area contributed by atoms with E-state index in [9.17, 15) is 4.79 Å². The SMILES string of the molecule is Cc1cccc(C)c1NC(=O)NCC(C)CCO. The molecule has 0 aliphatic rings. The number of nitrogens with one attached hydrogen (secondary N) is 2. The molecule has 0 saturated heterocycles. The number of anilines is 1. The zero-order valence-electron chi connectivity index (χ0n) is 11.3. The van der Waals surface area contributed by atoms with Crippen LogP contribution in [0.3, 0.4) is 0 Å². The lowest BCUT2D eigenvalue weighted by molar-refractivity contribution is 0.243. The van der Waals surface area contributed by atoms with Gasteiger partial charge in [0.2, 0.25) is 0 Å².